The molecule has 0 aliphatic carbocycles. The number of hydrogen-bond donors (Lipinski definition) is 0. The zero-order chi connectivity index (χ0) is 40.3. The zero-order valence-electron chi connectivity index (χ0n) is 33.0. The summed E-state index contributed by atoms with van der Waals surface area (Å²) in [6.07, 6.45) is 0. The van der Waals surface area contributed by atoms with E-state index in [1.54, 1.807) is 0 Å². The summed E-state index contributed by atoms with van der Waals surface area (Å²) >= 11 is 0. The number of nitrogens with zero attached hydrogens (tertiary/aromatic N) is 3. The molecule has 0 unspecified atom stereocenters. The van der Waals surface area contributed by atoms with Crippen LogP contribution in [0.25, 0.3) is 122 Å². The first-order valence-corrected chi connectivity index (χ1v) is 20.6. The standard InChI is InChI=1S/C57H35N3O/c1-4-16-36(17-5-1)37-28-30-40(31-29-37)56-58-55(39-20-8-3-9-21-39)59-57(60-56)41-34-49-45-24-11-10-22-43(45)44-23-12-13-25-46(44)52(49)50(35-41)47-33-32-42(38-18-6-2-7-19-38)54-53(47)48-26-14-15-27-51(48)61-54/h1-35H. The molecular formula is C57H35N3O. The molecule has 10 aromatic carbocycles. The van der Waals surface area contributed by atoms with E-state index in [9.17, 15) is 0 Å². The third kappa shape index (κ3) is 5.88. The average molecular weight is 778 g/mol. The van der Waals surface area contributed by atoms with Crippen LogP contribution in [0.2, 0.25) is 0 Å². The van der Waals surface area contributed by atoms with Crippen molar-refractivity contribution in [2.24, 2.45) is 0 Å². The van der Waals surface area contributed by atoms with Crippen molar-refractivity contribution in [3.8, 4) is 67.5 Å². The van der Waals surface area contributed by atoms with Crippen molar-refractivity contribution in [1.82, 2.24) is 15.0 Å². The summed E-state index contributed by atoms with van der Waals surface area (Å²) < 4.78 is 6.82. The fourth-order valence-corrected chi connectivity index (χ4v) is 9.07. The molecule has 0 radical (unpaired) electrons. The van der Waals surface area contributed by atoms with Crippen LogP contribution in [0.4, 0.5) is 0 Å². The van der Waals surface area contributed by atoms with Crippen molar-refractivity contribution in [1.29, 1.82) is 0 Å². The first-order valence-electron chi connectivity index (χ1n) is 20.6. The highest BCUT2D eigenvalue weighted by Crippen LogP contribution is 2.47. The van der Waals surface area contributed by atoms with Gasteiger partial charge in [-0.2, -0.15) is 0 Å². The van der Waals surface area contributed by atoms with Crippen molar-refractivity contribution < 1.29 is 4.42 Å². The molecular weight excluding hydrogens is 743 g/mol. The molecule has 0 fully saturated rings. The Bertz CT molecular complexity index is 3620. The fourth-order valence-electron chi connectivity index (χ4n) is 9.07. The molecule has 0 saturated carbocycles. The second kappa shape index (κ2) is 14.3. The van der Waals surface area contributed by atoms with Crippen molar-refractivity contribution in [3.63, 3.8) is 0 Å². The summed E-state index contributed by atoms with van der Waals surface area (Å²) in [6.45, 7) is 0. The highest BCUT2D eigenvalue weighted by molar-refractivity contribution is 6.30. The van der Waals surface area contributed by atoms with Crippen molar-refractivity contribution in [3.05, 3.63) is 212 Å². The third-order valence-corrected chi connectivity index (χ3v) is 11.9. The van der Waals surface area contributed by atoms with E-state index >= 15 is 0 Å². The Morgan fingerprint density at radius 1 is 0.262 bits per heavy atom. The zero-order valence-corrected chi connectivity index (χ0v) is 33.0. The minimum atomic E-state index is 0.602. The lowest BCUT2D eigenvalue weighted by Gasteiger charge is -2.18. The van der Waals surface area contributed by atoms with Crippen LogP contribution < -0.4 is 0 Å². The summed E-state index contributed by atoms with van der Waals surface area (Å²) in [5.74, 6) is 1.84. The quantitative estimate of drug-likeness (QED) is 0.158. The molecule has 2 heterocycles. The molecule has 284 valence electrons. The van der Waals surface area contributed by atoms with E-state index in [2.05, 4.69) is 182 Å². The monoisotopic (exact) mass is 777 g/mol. The van der Waals surface area contributed by atoms with Gasteiger partial charge in [0, 0.05) is 33.0 Å². The number of hydrogen-bond acceptors (Lipinski definition) is 4. The Morgan fingerprint density at radius 2 is 0.705 bits per heavy atom. The van der Waals surface area contributed by atoms with E-state index in [1.165, 1.54) is 26.9 Å². The third-order valence-electron chi connectivity index (χ3n) is 11.9. The molecule has 4 nitrogen and oxygen atoms in total. The van der Waals surface area contributed by atoms with Crippen LogP contribution in [-0.2, 0) is 0 Å². The molecule has 0 saturated heterocycles. The van der Waals surface area contributed by atoms with Crippen LogP contribution >= 0.6 is 0 Å². The van der Waals surface area contributed by atoms with Gasteiger partial charge < -0.3 is 4.42 Å². The number of furan rings is 1. The predicted octanol–water partition coefficient (Wildman–Crippen LogP) is 15.2. The van der Waals surface area contributed by atoms with Gasteiger partial charge in [0.15, 0.2) is 17.5 Å². The van der Waals surface area contributed by atoms with Crippen molar-refractivity contribution >= 4 is 54.3 Å². The summed E-state index contributed by atoms with van der Waals surface area (Å²) in [7, 11) is 0. The van der Waals surface area contributed by atoms with Gasteiger partial charge in [0.1, 0.15) is 11.2 Å². The van der Waals surface area contributed by atoms with Crippen LogP contribution in [-0.4, -0.2) is 15.0 Å². The van der Waals surface area contributed by atoms with E-state index in [1.807, 2.05) is 30.3 Å². The summed E-state index contributed by atoms with van der Waals surface area (Å²) in [5.41, 5.74) is 11.1. The van der Waals surface area contributed by atoms with Gasteiger partial charge >= 0.3 is 0 Å². The highest BCUT2D eigenvalue weighted by atomic mass is 16.3. The number of fused-ring (bicyclic) bond motifs is 9. The van der Waals surface area contributed by atoms with Gasteiger partial charge in [0.25, 0.3) is 0 Å². The van der Waals surface area contributed by atoms with Crippen LogP contribution in [0.3, 0.4) is 0 Å². The van der Waals surface area contributed by atoms with E-state index in [4.69, 9.17) is 19.4 Å². The molecule has 0 aliphatic heterocycles. The van der Waals surface area contributed by atoms with Crippen LogP contribution in [0, 0.1) is 0 Å². The predicted molar refractivity (Wildman–Crippen MR) is 252 cm³/mol. The molecule has 0 spiro atoms. The molecule has 0 aliphatic rings. The first kappa shape index (κ1) is 34.8. The molecule has 0 atom stereocenters. The SMILES string of the molecule is c1ccc(-c2ccc(-c3nc(-c4ccccc4)nc(-c4cc(-c5ccc(-c6ccccc6)c6oc7ccccc7c56)c5c6ccccc6c6ccccc6c5c4)n3)cc2)cc1. The highest BCUT2D eigenvalue weighted by Gasteiger charge is 2.23. The summed E-state index contributed by atoms with van der Waals surface area (Å²) in [6, 6.07) is 74.5. The maximum absolute atomic E-state index is 6.82. The Balaban J connectivity index is 1.17. The van der Waals surface area contributed by atoms with Gasteiger partial charge in [-0.15, -0.1) is 0 Å². The van der Waals surface area contributed by atoms with Crippen molar-refractivity contribution in [2.75, 3.05) is 0 Å². The molecule has 12 rings (SSSR count). The molecule has 0 bridgehead atoms. The van der Waals surface area contributed by atoms with Gasteiger partial charge in [-0.05, 0) is 84.4 Å². The Hall–Kier alpha value is -8.21. The number of rotatable bonds is 6. The first-order chi connectivity index (χ1) is 30.2. The number of aromatic nitrogens is 3. The molecule has 12 aromatic rings. The fraction of sp³-hybridized carbons (Fsp3) is 0. The van der Waals surface area contributed by atoms with Crippen LogP contribution in [0.5, 0.6) is 0 Å². The molecule has 4 heteroatoms. The summed E-state index contributed by atoms with van der Waals surface area (Å²) in [5, 5.41) is 9.22. The lowest BCUT2D eigenvalue weighted by Crippen LogP contribution is -2.01. The van der Waals surface area contributed by atoms with Gasteiger partial charge in [0.2, 0.25) is 0 Å². The van der Waals surface area contributed by atoms with Crippen molar-refractivity contribution in [2.45, 2.75) is 0 Å². The smallest absolute Gasteiger partial charge is 0.164 e. The maximum atomic E-state index is 6.82. The van der Waals surface area contributed by atoms with Gasteiger partial charge in [-0.3, -0.25) is 0 Å². The lowest BCUT2D eigenvalue weighted by molar-refractivity contribution is 0.670. The van der Waals surface area contributed by atoms with Gasteiger partial charge in [0.05, 0.1) is 0 Å². The second-order valence-electron chi connectivity index (χ2n) is 15.5. The van der Waals surface area contributed by atoms with Gasteiger partial charge in [-0.1, -0.05) is 188 Å². The minimum Gasteiger partial charge on any atom is -0.455 e. The second-order valence-corrected chi connectivity index (χ2v) is 15.5. The van der Waals surface area contributed by atoms with Gasteiger partial charge in [-0.25, -0.2) is 15.0 Å². The maximum Gasteiger partial charge on any atom is 0.164 e. The number of para-hydroxylation sites is 1. The van der Waals surface area contributed by atoms with E-state index in [-0.39, 0.29) is 0 Å². The largest absolute Gasteiger partial charge is 0.455 e. The Morgan fingerprint density at radius 3 is 1.36 bits per heavy atom. The lowest BCUT2D eigenvalue weighted by atomic mass is 9.86. The molecule has 0 amide bonds. The minimum absolute atomic E-state index is 0.602. The van der Waals surface area contributed by atoms with Crippen LogP contribution in [0.15, 0.2) is 217 Å². The Kier molecular flexibility index (Phi) is 8.13. The van der Waals surface area contributed by atoms with Crippen LogP contribution in [0.1, 0.15) is 0 Å². The molecule has 61 heavy (non-hydrogen) atoms. The normalized spacial score (nSPS) is 11.6. The van der Waals surface area contributed by atoms with E-state index in [0.717, 1.165) is 77.4 Å². The van der Waals surface area contributed by atoms with E-state index < -0.39 is 0 Å². The Labute approximate surface area is 352 Å². The topological polar surface area (TPSA) is 51.8 Å². The molecule has 2 aromatic heterocycles. The average Bonchev–Trinajstić information content (AvgIpc) is 3.74. The number of benzene rings is 10. The van der Waals surface area contributed by atoms with E-state index in [0.29, 0.717) is 17.5 Å². The summed E-state index contributed by atoms with van der Waals surface area (Å²) in [4.78, 5) is 15.7. The molecule has 0 N–H and O–H groups in total.